The molecule has 2 aromatic heterocycles. The minimum absolute atomic E-state index is 0.278. The first-order valence-corrected chi connectivity index (χ1v) is 6.46. The fourth-order valence-electron chi connectivity index (χ4n) is 2.25. The van der Waals surface area contributed by atoms with Crippen LogP contribution < -0.4 is 0 Å². The maximum absolute atomic E-state index is 14.4. The molecule has 22 heavy (non-hydrogen) atoms. The highest BCUT2D eigenvalue weighted by Crippen LogP contribution is 2.31. The topological polar surface area (TPSA) is 25.8 Å². The summed E-state index contributed by atoms with van der Waals surface area (Å²) in [6, 6.07) is 8.80. The molecule has 0 aliphatic heterocycles. The molecule has 0 amide bonds. The standard InChI is InChI=1S/C16H10F4N2/c1-9-14(17)11-4-2-3-5-12(11)22-15(9)10-6-7-13(21-8-10)16(18,19)20/h2-8H,1H3. The lowest BCUT2D eigenvalue weighted by Gasteiger charge is -2.10. The van der Waals surface area contributed by atoms with Crippen molar-refractivity contribution in [3.05, 3.63) is 59.7 Å². The number of para-hydroxylation sites is 1. The quantitative estimate of drug-likeness (QED) is 0.606. The number of fused-ring (bicyclic) bond motifs is 1. The highest BCUT2D eigenvalue weighted by Gasteiger charge is 2.32. The van der Waals surface area contributed by atoms with Gasteiger partial charge in [0.05, 0.1) is 11.2 Å². The average molecular weight is 306 g/mol. The SMILES string of the molecule is Cc1c(-c2ccc(C(F)(F)F)nc2)nc2ccccc2c1F. The number of aromatic nitrogens is 2. The molecule has 0 N–H and O–H groups in total. The molecular formula is C16H10F4N2. The fourth-order valence-corrected chi connectivity index (χ4v) is 2.25. The molecule has 0 radical (unpaired) electrons. The molecule has 2 nitrogen and oxygen atoms in total. The number of pyridine rings is 2. The molecule has 0 unspecified atom stereocenters. The fraction of sp³-hybridized carbons (Fsp3) is 0.125. The Balaban J connectivity index is 2.16. The van der Waals surface area contributed by atoms with Gasteiger partial charge in [0.2, 0.25) is 0 Å². The van der Waals surface area contributed by atoms with Gasteiger partial charge in [-0.05, 0) is 31.2 Å². The first kappa shape index (κ1) is 14.4. The van der Waals surface area contributed by atoms with Gasteiger partial charge in [0.1, 0.15) is 11.5 Å². The number of hydrogen-bond acceptors (Lipinski definition) is 2. The summed E-state index contributed by atoms with van der Waals surface area (Å²) >= 11 is 0. The molecule has 2 heterocycles. The zero-order chi connectivity index (χ0) is 15.9. The van der Waals surface area contributed by atoms with Gasteiger partial charge in [0.15, 0.2) is 0 Å². The molecule has 0 atom stereocenters. The molecular weight excluding hydrogens is 296 g/mol. The van der Waals surface area contributed by atoms with Crippen LogP contribution in [0.5, 0.6) is 0 Å². The zero-order valence-electron chi connectivity index (χ0n) is 11.4. The van der Waals surface area contributed by atoms with E-state index in [2.05, 4.69) is 9.97 Å². The number of alkyl halides is 3. The van der Waals surface area contributed by atoms with E-state index in [0.29, 0.717) is 16.5 Å². The molecule has 6 heteroatoms. The van der Waals surface area contributed by atoms with E-state index in [1.54, 1.807) is 31.2 Å². The molecule has 0 aliphatic rings. The largest absolute Gasteiger partial charge is 0.433 e. The van der Waals surface area contributed by atoms with E-state index >= 15 is 0 Å². The summed E-state index contributed by atoms with van der Waals surface area (Å²) in [6.45, 7) is 1.54. The molecule has 0 aliphatic carbocycles. The first-order chi connectivity index (χ1) is 10.4. The number of hydrogen-bond donors (Lipinski definition) is 0. The Bertz CT molecular complexity index is 839. The summed E-state index contributed by atoms with van der Waals surface area (Å²) in [6.07, 6.45) is -3.44. The Morgan fingerprint density at radius 3 is 2.36 bits per heavy atom. The van der Waals surface area contributed by atoms with Crippen LogP contribution in [-0.4, -0.2) is 9.97 Å². The summed E-state index contributed by atoms with van der Waals surface area (Å²) < 4.78 is 52.0. The van der Waals surface area contributed by atoms with Crippen molar-refractivity contribution >= 4 is 10.9 Å². The van der Waals surface area contributed by atoms with Crippen molar-refractivity contribution in [2.75, 3.05) is 0 Å². The van der Waals surface area contributed by atoms with Crippen molar-refractivity contribution in [3.63, 3.8) is 0 Å². The molecule has 3 rings (SSSR count). The monoisotopic (exact) mass is 306 g/mol. The van der Waals surface area contributed by atoms with E-state index in [-0.39, 0.29) is 11.3 Å². The van der Waals surface area contributed by atoms with Crippen LogP contribution >= 0.6 is 0 Å². The van der Waals surface area contributed by atoms with Gasteiger partial charge in [0, 0.05) is 22.7 Å². The zero-order valence-corrected chi connectivity index (χ0v) is 11.4. The van der Waals surface area contributed by atoms with E-state index in [1.807, 2.05) is 0 Å². The second kappa shape index (κ2) is 5.05. The number of benzene rings is 1. The molecule has 1 aromatic carbocycles. The normalized spacial score (nSPS) is 11.9. The minimum Gasteiger partial charge on any atom is -0.251 e. The van der Waals surface area contributed by atoms with Crippen LogP contribution in [0.4, 0.5) is 17.6 Å². The summed E-state index contributed by atoms with van der Waals surface area (Å²) in [5.41, 5.74) is 0.364. The Kier molecular flexibility index (Phi) is 3.31. The third-order valence-electron chi connectivity index (χ3n) is 3.38. The second-order valence-corrected chi connectivity index (χ2v) is 4.85. The molecule has 0 saturated carbocycles. The van der Waals surface area contributed by atoms with Gasteiger partial charge in [-0.25, -0.2) is 9.37 Å². The maximum atomic E-state index is 14.4. The van der Waals surface area contributed by atoms with Crippen molar-refractivity contribution in [1.29, 1.82) is 0 Å². The summed E-state index contributed by atoms with van der Waals surface area (Å²) in [5, 5.41) is 0.378. The summed E-state index contributed by atoms with van der Waals surface area (Å²) in [5.74, 6) is -0.430. The molecule has 0 bridgehead atoms. The van der Waals surface area contributed by atoms with Crippen molar-refractivity contribution < 1.29 is 17.6 Å². The van der Waals surface area contributed by atoms with Gasteiger partial charge in [-0.2, -0.15) is 13.2 Å². The van der Waals surface area contributed by atoms with Gasteiger partial charge >= 0.3 is 6.18 Å². The average Bonchev–Trinajstić information content (AvgIpc) is 2.50. The van der Waals surface area contributed by atoms with E-state index in [1.165, 1.54) is 6.07 Å². The highest BCUT2D eigenvalue weighted by atomic mass is 19.4. The van der Waals surface area contributed by atoms with E-state index in [9.17, 15) is 17.6 Å². The Morgan fingerprint density at radius 2 is 1.73 bits per heavy atom. The highest BCUT2D eigenvalue weighted by molar-refractivity contribution is 5.83. The van der Waals surface area contributed by atoms with E-state index in [4.69, 9.17) is 0 Å². The van der Waals surface area contributed by atoms with Gasteiger partial charge < -0.3 is 0 Å². The Hall–Kier alpha value is -2.50. The second-order valence-electron chi connectivity index (χ2n) is 4.85. The van der Waals surface area contributed by atoms with Crippen LogP contribution in [0.1, 0.15) is 11.3 Å². The van der Waals surface area contributed by atoms with Gasteiger partial charge in [-0.1, -0.05) is 12.1 Å². The van der Waals surface area contributed by atoms with Crippen LogP contribution in [0.2, 0.25) is 0 Å². The first-order valence-electron chi connectivity index (χ1n) is 6.46. The van der Waals surface area contributed by atoms with Crippen molar-refractivity contribution in [2.45, 2.75) is 13.1 Å². The van der Waals surface area contributed by atoms with Crippen LogP contribution in [-0.2, 0) is 6.18 Å². The minimum atomic E-state index is -4.50. The van der Waals surface area contributed by atoms with Crippen LogP contribution in [0.25, 0.3) is 22.2 Å². The molecule has 0 fully saturated rings. The molecule has 112 valence electrons. The van der Waals surface area contributed by atoms with Crippen molar-refractivity contribution in [1.82, 2.24) is 9.97 Å². The third-order valence-corrected chi connectivity index (χ3v) is 3.38. The maximum Gasteiger partial charge on any atom is 0.433 e. The van der Waals surface area contributed by atoms with Crippen LogP contribution in [0.3, 0.4) is 0 Å². The van der Waals surface area contributed by atoms with Crippen LogP contribution in [0.15, 0.2) is 42.6 Å². The number of rotatable bonds is 1. The predicted molar refractivity (Wildman–Crippen MR) is 74.7 cm³/mol. The lowest BCUT2D eigenvalue weighted by atomic mass is 10.0. The third kappa shape index (κ3) is 2.41. The lowest BCUT2D eigenvalue weighted by molar-refractivity contribution is -0.141. The molecule has 3 aromatic rings. The van der Waals surface area contributed by atoms with Gasteiger partial charge in [-0.15, -0.1) is 0 Å². The van der Waals surface area contributed by atoms with Crippen molar-refractivity contribution in [2.24, 2.45) is 0 Å². The van der Waals surface area contributed by atoms with E-state index in [0.717, 1.165) is 12.3 Å². The number of nitrogens with zero attached hydrogens (tertiary/aromatic N) is 2. The number of halogens is 4. The molecule has 0 spiro atoms. The van der Waals surface area contributed by atoms with Crippen LogP contribution in [0, 0.1) is 12.7 Å². The Morgan fingerprint density at radius 1 is 1.00 bits per heavy atom. The lowest BCUT2D eigenvalue weighted by Crippen LogP contribution is -2.07. The smallest absolute Gasteiger partial charge is 0.251 e. The van der Waals surface area contributed by atoms with Gasteiger partial charge in [0.25, 0.3) is 0 Å². The predicted octanol–water partition coefficient (Wildman–Crippen LogP) is 4.76. The Labute approximate surface area is 123 Å². The summed E-state index contributed by atoms with van der Waals surface area (Å²) in [4.78, 5) is 7.73. The van der Waals surface area contributed by atoms with Gasteiger partial charge in [-0.3, -0.25) is 4.98 Å². The molecule has 0 saturated heterocycles. The summed E-state index contributed by atoms with van der Waals surface area (Å²) in [7, 11) is 0. The van der Waals surface area contributed by atoms with Crippen molar-refractivity contribution in [3.8, 4) is 11.3 Å². The van der Waals surface area contributed by atoms with E-state index < -0.39 is 17.7 Å².